The van der Waals surface area contributed by atoms with E-state index < -0.39 is 16.9 Å². The second-order valence-corrected chi connectivity index (χ2v) is 6.41. The van der Waals surface area contributed by atoms with E-state index in [1.165, 1.54) is 47.9 Å². The molecule has 1 saturated heterocycles. The molecule has 1 fully saturated rings. The number of esters is 2. The summed E-state index contributed by atoms with van der Waals surface area (Å²) in [5.74, 6) is -1.29. The van der Waals surface area contributed by atoms with Crippen LogP contribution in [0.2, 0.25) is 0 Å². The molecule has 0 atom stereocenters. The quantitative estimate of drug-likeness (QED) is 0.299. The third kappa shape index (κ3) is 5.07. The summed E-state index contributed by atoms with van der Waals surface area (Å²) in [5, 5.41) is 11.4. The van der Waals surface area contributed by atoms with Gasteiger partial charge in [0.2, 0.25) is 5.91 Å². The van der Waals surface area contributed by atoms with Crippen LogP contribution in [0.5, 0.6) is 0 Å². The molecular weight excluding hydrogens is 376 g/mol. The minimum absolute atomic E-state index is 0.0663. The number of nitrogens with zero attached hydrogens (tertiary/aromatic N) is 2. The van der Waals surface area contributed by atoms with Crippen molar-refractivity contribution in [2.24, 2.45) is 0 Å². The molecule has 9 nitrogen and oxygen atoms in total. The lowest BCUT2D eigenvalue weighted by molar-refractivity contribution is -0.385. The molecule has 0 N–H and O–H groups in total. The number of thioether (sulfide) groups is 1. The van der Waals surface area contributed by atoms with Gasteiger partial charge in [0, 0.05) is 11.6 Å². The van der Waals surface area contributed by atoms with Crippen LogP contribution < -0.4 is 0 Å². The number of benzene rings is 1. The fourth-order valence-corrected chi connectivity index (χ4v) is 3.36. The minimum atomic E-state index is -0.716. The molecule has 0 bridgehead atoms. The summed E-state index contributed by atoms with van der Waals surface area (Å²) in [7, 11) is 0. The number of hydrogen-bond acceptors (Lipinski definition) is 8. The Morgan fingerprint density at radius 2 is 2.11 bits per heavy atom. The van der Waals surface area contributed by atoms with Crippen LogP contribution in [-0.4, -0.2) is 53.2 Å². The summed E-state index contributed by atoms with van der Waals surface area (Å²) in [6, 6.07) is 4.15. The number of carbonyl (C=O) groups excluding carboxylic acids is 3. The Labute approximate surface area is 159 Å². The Bertz CT molecular complexity index is 806. The average molecular weight is 394 g/mol. The number of carbonyl (C=O) groups is 3. The van der Waals surface area contributed by atoms with Gasteiger partial charge in [-0.05, 0) is 19.9 Å². The fourth-order valence-electron chi connectivity index (χ4n) is 2.40. The van der Waals surface area contributed by atoms with Crippen molar-refractivity contribution in [3.8, 4) is 0 Å². The molecule has 0 radical (unpaired) electrons. The van der Waals surface area contributed by atoms with E-state index in [2.05, 4.69) is 0 Å². The van der Waals surface area contributed by atoms with Gasteiger partial charge in [-0.1, -0.05) is 17.8 Å². The molecule has 0 saturated carbocycles. The zero-order valence-electron chi connectivity index (χ0n) is 14.8. The normalized spacial score (nSPS) is 15.1. The molecule has 1 aromatic carbocycles. The first-order valence-corrected chi connectivity index (χ1v) is 9.06. The molecule has 0 unspecified atom stereocenters. The molecular formula is C17H18N2O7S. The Morgan fingerprint density at radius 1 is 1.37 bits per heavy atom. The second-order valence-electron chi connectivity index (χ2n) is 5.41. The van der Waals surface area contributed by atoms with Crippen LogP contribution in [0.15, 0.2) is 29.3 Å². The van der Waals surface area contributed by atoms with Gasteiger partial charge in [-0.15, -0.1) is 0 Å². The van der Waals surface area contributed by atoms with Crippen LogP contribution in [0.3, 0.4) is 0 Å². The highest BCUT2D eigenvalue weighted by molar-refractivity contribution is 8.04. The summed E-state index contributed by atoms with van der Waals surface area (Å²) in [5.41, 5.74) is 0.132. The summed E-state index contributed by atoms with van der Waals surface area (Å²) in [6.07, 6.45) is 1.23. The lowest BCUT2D eigenvalue weighted by Crippen LogP contribution is -2.29. The lowest BCUT2D eigenvalue weighted by Gasteiger charge is -2.17. The van der Waals surface area contributed by atoms with Gasteiger partial charge in [-0.25, -0.2) is 9.59 Å². The van der Waals surface area contributed by atoms with Crippen LogP contribution in [0.4, 0.5) is 5.69 Å². The highest BCUT2D eigenvalue weighted by Crippen LogP contribution is 2.28. The maximum absolute atomic E-state index is 12.2. The predicted octanol–water partition coefficient (Wildman–Crippen LogP) is 2.04. The number of nitro benzene ring substituents is 1. The van der Waals surface area contributed by atoms with Gasteiger partial charge >= 0.3 is 11.9 Å². The molecule has 1 aliphatic rings. The zero-order chi connectivity index (χ0) is 20.0. The molecule has 1 aliphatic heterocycles. The van der Waals surface area contributed by atoms with Crippen molar-refractivity contribution in [2.45, 2.75) is 13.8 Å². The fraction of sp³-hybridized carbons (Fsp3) is 0.353. The smallest absolute Gasteiger partial charge is 0.338 e. The Kier molecular flexibility index (Phi) is 6.94. The predicted molar refractivity (Wildman–Crippen MR) is 97.0 cm³/mol. The SMILES string of the molecule is CCOC(=O)/C=C1\SCC(=O)N1CCOC(=O)c1cccc([N+](=O)[O-])c1C. The average Bonchev–Trinajstić information content (AvgIpc) is 2.95. The van der Waals surface area contributed by atoms with Crippen molar-refractivity contribution >= 4 is 35.3 Å². The molecule has 1 aromatic rings. The molecule has 1 heterocycles. The van der Waals surface area contributed by atoms with Gasteiger partial charge in [0.05, 0.1) is 40.5 Å². The largest absolute Gasteiger partial charge is 0.463 e. The number of nitro groups is 1. The summed E-state index contributed by atoms with van der Waals surface area (Å²) in [6.45, 7) is 3.32. The van der Waals surface area contributed by atoms with Gasteiger partial charge < -0.3 is 14.4 Å². The van der Waals surface area contributed by atoms with Crippen LogP contribution in [0.25, 0.3) is 0 Å². The van der Waals surface area contributed by atoms with Crippen LogP contribution >= 0.6 is 11.8 Å². The molecule has 0 aliphatic carbocycles. The molecule has 10 heteroatoms. The maximum atomic E-state index is 12.2. The van der Waals surface area contributed by atoms with Gasteiger partial charge in [-0.2, -0.15) is 0 Å². The van der Waals surface area contributed by atoms with Crippen LogP contribution in [-0.2, 0) is 19.1 Å². The molecule has 2 rings (SSSR count). The third-order valence-electron chi connectivity index (χ3n) is 3.71. The molecule has 0 aromatic heterocycles. The number of hydrogen-bond donors (Lipinski definition) is 0. The minimum Gasteiger partial charge on any atom is -0.463 e. The van der Waals surface area contributed by atoms with E-state index in [1.54, 1.807) is 6.92 Å². The van der Waals surface area contributed by atoms with E-state index >= 15 is 0 Å². The van der Waals surface area contributed by atoms with E-state index in [9.17, 15) is 24.5 Å². The Hall–Kier alpha value is -2.88. The standard InChI is InChI=1S/C17H18N2O7S/c1-3-25-16(21)9-15-18(14(20)10-27-15)7-8-26-17(22)12-5-4-6-13(11(12)2)19(23)24/h4-6,9H,3,7-8,10H2,1-2H3/b15-9-. The lowest BCUT2D eigenvalue weighted by atomic mass is 10.1. The van der Waals surface area contributed by atoms with Crippen molar-refractivity contribution in [1.29, 1.82) is 0 Å². The van der Waals surface area contributed by atoms with E-state index in [0.717, 1.165) is 0 Å². The monoisotopic (exact) mass is 394 g/mol. The summed E-state index contributed by atoms with van der Waals surface area (Å²) < 4.78 is 9.97. The van der Waals surface area contributed by atoms with Crippen molar-refractivity contribution in [3.63, 3.8) is 0 Å². The molecule has 27 heavy (non-hydrogen) atoms. The Balaban J connectivity index is 2.00. The van der Waals surface area contributed by atoms with Crippen molar-refractivity contribution in [2.75, 3.05) is 25.5 Å². The van der Waals surface area contributed by atoms with Crippen molar-refractivity contribution in [1.82, 2.24) is 4.90 Å². The van der Waals surface area contributed by atoms with Gasteiger partial charge in [0.25, 0.3) is 5.69 Å². The van der Waals surface area contributed by atoms with Gasteiger partial charge in [-0.3, -0.25) is 14.9 Å². The van der Waals surface area contributed by atoms with Crippen molar-refractivity contribution in [3.05, 3.63) is 50.5 Å². The van der Waals surface area contributed by atoms with E-state index in [0.29, 0.717) is 5.03 Å². The first-order chi connectivity index (χ1) is 12.8. The van der Waals surface area contributed by atoms with E-state index in [4.69, 9.17) is 9.47 Å². The summed E-state index contributed by atoms with van der Waals surface area (Å²) >= 11 is 1.20. The number of amides is 1. The van der Waals surface area contributed by atoms with E-state index in [-0.39, 0.29) is 48.2 Å². The number of rotatable bonds is 7. The maximum Gasteiger partial charge on any atom is 0.338 e. The van der Waals surface area contributed by atoms with Gasteiger partial charge in [0.1, 0.15) is 6.61 Å². The first kappa shape index (κ1) is 20.4. The van der Waals surface area contributed by atoms with Gasteiger partial charge in [0.15, 0.2) is 0 Å². The zero-order valence-corrected chi connectivity index (χ0v) is 15.6. The Morgan fingerprint density at radius 3 is 2.78 bits per heavy atom. The number of ether oxygens (including phenoxy) is 2. The van der Waals surface area contributed by atoms with E-state index in [1.807, 2.05) is 0 Å². The molecule has 1 amide bonds. The molecule has 0 spiro atoms. The van der Waals surface area contributed by atoms with Crippen LogP contribution in [0, 0.1) is 17.0 Å². The van der Waals surface area contributed by atoms with Crippen molar-refractivity contribution < 1.29 is 28.8 Å². The third-order valence-corrected chi connectivity index (χ3v) is 4.73. The highest BCUT2D eigenvalue weighted by atomic mass is 32.2. The highest BCUT2D eigenvalue weighted by Gasteiger charge is 2.28. The first-order valence-electron chi connectivity index (χ1n) is 8.07. The topological polar surface area (TPSA) is 116 Å². The molecule has 144 valence electrons. The second kappa shape index (κ2) is 9.17. The summed E-state index contributed by atoms with van der Waals surface area (Å²) in [4.78, 5) is 47.4. The van der Waals surface area contributed by atoms with Crippen LogP contribution in [0.1, 0.15) is 22.8 Å².